The summed E-state index contributed by atoms with van der Waals surface area (Å²) in [6, 6.07) is 0. The molecule has 0 aliphatic rings. The van der Waals surface area contributed by atoms with Crippen LogP contribution in [0.3, 0.4) is 0 Å². The third-order valence-electron chi connectivity index (χ3n) is 3.03. The highest BCUT2D eigenvalue weighted by atomic mass is 32.1. The maximum Gasteiger partial charge on any atom is 0.303 e. The Morgan fingerprint density at radius 3 is 1.79 bits per heavy atom. The monoisotopic (exact) mass is 423 g/mol. The molecule has 12 heteroatoms. The highest BCUT2D eigenvalue weighted by molar-refractivity contribution is 7.80. The third-order valence-corrected chi connectivity index (χ3v) is 3.25. The summed E-state index contributed by atoms with van der Waals surface area (Å²) in [5.41, 5.74) is 0. The van der Waals surface area contributed by atoms with Gasteiger partial charge in [-0.3, -0.25) is 24.0 Å². The number of carbonyl (C=O) groups is 5. The zero-order valence-electron chi connectivity index (χ0n) is 16.0. The Morgan fingerprint density at radius 1 is 0.857 bits per heavy atom. The van der Waals surface area contributed by atoms with Gasteiger partial charge >= 0.3 is 23.9 Å². The summed E-state index contributed by atoms with van der Waals surface area (Å²) in [5, 5.41) is 12.7. The second-order valence-electron chi connectivity index (χ2n) is 5.56. The van der Waals surface area contributed by atoms with Crippen LogP contribution in [0.15, 0.2) is 0 Å². The molecule has 0 saturated heterocycles. The molecule has 0 unspecified atom stereocenters. The first-order valence-corrected chi connectivity index (χ1v) is 8.84. The summed E-state index contributed by atoms with van der Waals surface area (Å²) >= 11 is 3.94. The molecule has 1 amide bonds. The number of aliphatic hydroxyl groups excluding tert-OH is 1. The van der Waals surface area contributed by atoms with Gasteiger partial charge in [0.1, 0.15) is 12.7 Å². The van der Waals surface area contributed by atoms with Gasteiger partial charge in [-0.2, -0.15) is 12.6 Å². The number of hydrogen-bond donors (Lipinski definition) is 3. The van der Waals surface area contributed by atoms with Crippen molar-refractivity contribution in [2.24, 2.45) is 0 Å². The fourth-order valence-corrected chi connectivity index (χ4v) is 2.19. The van der Waals surface area contributed by atoms with Crippen LogP contribution in [-0.4, -0.2) is 78.2 Å². The molecule has 0 heterocycles. The summed E-state index contributed by atoms with van der Waals surface area (Å²) in [5.74, 6) is -4.01. The highest BCUT2D eigenvalue weighted by Gasteiger charge is 2.45. The lowest BCUT2D eigenvalue weighted by atomic mass is 10.0. The first-order chi connectivity index (χ1) is 13.0. The molecule has 4 atom stereocenters. The van der Waals surface area contributed by atoms with Crippen LogP contribution in [-0.2, 0) is 42.9 Å². The second-order valence-corrected chi connectivity index (χ2v) is 6.01. The molecule has 0 aromatic rings. The van der Waals surface area contributed by atoms with Crippen LogP contribution in [0, 0.1) is 0 Å². The van der Waals surface area contributed by atoms with Crippen molar-refractivity contribution in [3.8, 4) is 0 Å². The Morgan fingerprint density at radius 2 is 1.36 bits per heavy atom. The van der Waals surface area contributed by atoms with E-state index in [2.05, 4.69) is 22.7 Å². The molecule has 0 spiro atoms. The predicted molar refractivity (Wildman–Crippen MR) is 96.2 cm³/mol. The molecule has 0 saturated carbocycles. The van der Waals surface area contributed by atoms with Crippen LogP contribution in [0.5, 0.6) is 0 Å². The van der Waals surface area contributed by atoms with Gasteiger partial charge in [0.05, 0.1) is 0 Å². The van der Waals surface area contributed by atoms with E-state index in [1.54, 1.807) is 0 Å². The van der Waals surface area contributed by atoms with Crippen molar-refractivity contribution in [2.75, 3.05) is 18.9 Å². The van der Waals surface area contributed by atoms with Gasteiger partial charge in [-0.05, 0) is 0 Å². The quantitative estimate of drug-likeness (QED) is 0.209. The van der Waals surface area contributed by atoms with Crippen molar-refractivity contribution in [3.63, 3.8) is 0 Å². The van der Waals surface area contributed by atoms with Gasteiger partial charge in [0.15, 0.2) is 12.2 Å². The highest BCUT2D eigenvalue weighted by Crippen LogP contribution is 2.18. The first kappa shape index (κ1) is 25.7. The molecule has 0 aliphatic heterocycles. The van der Waals surface area contributed by atoms with Gasteiger partial charge in [-0.1, -0.05) is 0 Å². The van der Waals surface area contributed by atoms with E-state index in [0.29, 0.717) is 0 Å². The predicted octanol–water partition coefficient (Wildman–Crippen LogP) is -1.25. The lowest BCUT2D eigenvalue weighted by Crippen LogP contribution is -2.56. The van der Waals surface area contributed by atoms with Crippen molar-refractivity contribution in [1.82, 2.24) is 5.32 Å². The van der Waals surface area contributed by atoms with E-state index < -0.39 is 60.8 Å². The van der Waals surface area contributed by atoms with Crippen LogP contribution < -0.4 is 5.32 Å². The zero-order valence-corrected chi connectivity index (χ0v) is 16.9. The lowest BCUT2D eigenvalue weighted by molar-refractivity contribution is -0.197. The van der Waals surface area contributed by atoms with Crippen LogP contribution in [0.2, 0.25) is 0 Å². The zero-order chi connectivity index (χ0) is 21.9. The molecule has 11 nitrogen and oxygen atoms in total. The van der Waals surface area contributed by atoms with Crippen LogP contribution >= 0.6 is 12.6 Å². The lowest BCUT2D eigenvalue weighted by Gasteiger charge is -2.33. The van der Waals surface area contributed by atoms with Gasteiger partial charge in [0.25, 0.3) is 5.91 Å². The Bertz CT molecular complexity index is 582. The number of carbonyl (C=O) groups excluding carboxylic acids is 5. The number of aliphatic hydroxyl groups is 1. The average Bonchev–Trinajstić information content (AvgIpc) is 2.57. The molecule has 0 fully saturated rings. The van der Waals surface area contributed by atoms with E-state index in [9.17, 15) is 29.1 Å². The maximum absolute atomic E-state index is 12.4. The number of hydrogen-bond acceptors (Lipinski definition) is 11. The number of rotatable bonds is 11. The van der Waals surface area contributed by atoms with Crippen LogP contribution in [0.25, 0.3) is 0 Å². The Hall–Kier alpha value is -2.34. The molecule has 28 heavy (non-hydrogen) atoms. The molecule has 0 rings (SSSR count). The summed E-state index contributed by atoms with van der Waals surface area (Å²) in [7, 11) is 0. The maximum atomic E-state index is 12.4. The summed E-state index contributed by atoms with van der Waals surface area (Å²) in [4.78, 5) is 57.9. The van der Waals surface area contributed by atoms with Crippen molar-refractivity contribution < 1.29 is 48.0 Å². The van der Waals surface area contributed by atoms with Gasteiger partial charge in [0.2, 0.25) is 6.10 Å². The molecule has 0 radical (unpaired) electrons. The second kappa shape index (κ2) is 12.9. The van der Waals surface area contributed by atoms with E-state index in [1.165, 1.54) is 0 Å². The molecule has 0 aromatic heterocycles. The SMILES string of the molecule is CC(=O)OC[C@@H](O)[C@@H](OC(C)=O)[C@H](OC(C)=O)[C@@H](OC(C)=O)C(=O)NCCS. The molecule has 0 aliphatic carbocycles. The van der Waals surface area contributed by atoms with E-state index in [0.717, 1.165) is 27.7 Å². The standard InChI is InChI=1S/C16H25NO10S/c1-8(18)24-7-12(22)13(25-9(2)19)14(26-10(3)20)15(27-11(4)21)16(23)17-5-6-28/h12-15,22,28H,5-7H2,1-4H3,(H,17,23)/t12-,13-,14+,15-/m1/s1. The topological polar surface area (TPSA) is 155 Å². The van der Waals surface area contributed by atoms with Gasteiger partial charge in [0, 0.05) is 40.0 Å². The van der Waals surface area contributed by atoms with Gasteiger partial charge in [-0.15, -0.1) is 0 Å². The summed E-state index contributed by atoms with van der Waals surface area (Å²) in [6.45, 7) is 3.59. The number of esters is 4. The van der Waals surface area contributed by atoms with Crippen molar-refractivity contribution >= 4 is 42.4 Å². The average molecular weight is 423 g/mol. The smallest absolute Gasteiger partial charge is 0.303 e. The number of thiol groups is 1. The molecule has 160 valence electrons. The van der Waals surface area contributed by atoms with Gasteiger partial charge in [-0.25, -0.2) is 0 Å². The van der Waals surface area contributed by atoms with Gasteiger partial charge < -0.3 is 29.4 Å². The van der Waals surface area contributed by atoms with Crippen molar-refractivity contribution in [1.29, 1.82) is 0 Å². The molecule has 2 N–H and O–H groups in total. The molecular formula is C16H25NO10S. The minimum absolute atomic E-state index is 0.0980. The fraction of sp³-hybridized carbons (Fsp3) is 0.688. The molecule has 0 bridgehead atoms. The summed E-state index contributed by atoms with van der Waals surface area (Å²) < 4.78 is 19.6. The first-order valence-electron chi connectivity index (χ1n) is 8.21. The van der Waals surface area contributed by atoms with Crippen molar-refractivity contribution in [3.05, 3.63) is 0 Å². The summed E-state index contributed by atoms with van der Waals surface area (Å²) in [6.07, 6.45) is -6.83. The largest absolute Gasteiger partial charge is 0.463 e. The van der Waals surface area contributed by atoms with E-state index >= 15 is 0 Å². The normalized spacial score (nSPS) is 14.6. The van der Waals surface area contributed by atoms with Crippen LogP contribution in [0.4, 0.5) is 0 Å². The minimum atomic E-state index is -1.75. The Labute approximate surface area is 167 Å². The van der Waals surface area contributed by atoms with E-state index in [1.807, 2.05) is 0 Å². The van der Waals surface area contributed by atoms with E-state index in [-0.39, 0.29) is 12.3 Å². The fourth-order valence-electron chi connectivity index (χ4n) is 2.07. The number of nitrogens with one attached hydrogen (secondary N) is 1. The minimum Gasteiger partial charge on any atom is -0.463 e. The Kier molecular flexibility index (Phi) is 11.9. The van der Waals surface area contributed by atoms with Crippen LogP contribution in [0.1, 0.15) is 27.7 Å². The number of ether oxygens (including phenoxy) is 4. The van der Waals surface area contributed by atoms with E-state index in [4.69, 9.17) is 14.2 Å². The van der Waals surface area contributed by atoms with Crippen molar-refractivity contribution in [2.45, 2.75) is 52.1 Å². The Balaban J connectivity index is 5.92. The third kappa shape index (κ3) is 10.1. The molecule has 0 aromatic carbocycles. The number of amides is 1. The molecular weight excluding hydrogens is 398 g/mol.